The number of thiazole rings is 1. The Kier molecular flexibility index (Phi) is 3.73. The van der Waals surface area contributed by atoms with Crippen molar-refractivity contribution >= 4 is 22.4 Å². The summed E-state index contributed by atoms with van der Waals surface area (Å²) in [6, 6.07) is 0.244. The summed E-state index contributed by atoms with van der Waals surface area (Å²) in [5.41, 5.74) is 6.71. The van der Waals surface area contributed by atoms with E-state index in [9.17, 15) is 4.79 Å². The van der Waals surface area contributed by atoms with E-state index in [4.69, 9.17) is 5.73 Å². The third kappa shape index (κ3) is 2.72. The van der Waals surface area contributed by atoms with Crippen molar-refractivity contribution in [3.63, 3.8) is 0 Å². The first-order valence-electron chi connectivity index (χ1n) is 6.48. The number of aryl methyl sites for hydroxylation is 1. The highest BCUT2D eigenvalue weighted by molar-refractivity contribution is 7.15. The molecule has 2 rings (SSSR count). The van der Waals surface area contributed by atoms with Gasteiger partial charge in [-0.05, 0) is 25.7 Å². The summed E-state index contributed by atoms with van der Waals surface area (Å²) in [5, 5.41) is 3.66. The van der Waals surface area contributed by atoms with E-state index in [0.717, 1.165) is 36.5 Å². The summed E-state index contributed by atoms with van der Waals surface area (Å²) in [7, 11) is 0. The normalized spacial score (nSPS) is 19.4. The van der Waals surface area contributed by atoms with E-state index < -0.39 is 0 Å². The summed E-state index contributed by atoms with van der Waals surface area (Å²) < 4.78 is 0. The SMILES string of the molecule is CCC(C)(C)C(=O)Nc1nc2c(s1)C[C@@H](N)CC2. The van der Waals surface area contributed by atoms with Crippen LogP contribution in [-0.2, 0) is 17.6 Å². The zero-order valence-electron chi connectivity index (χ0n) is 11.2. The summed E-state index contributed by atoms with van der Waals surface area (Å²) in [6.45, 7) is 5.92. The van der Waals surface area contributed by atoms with Gasteiger partial charge in [0.2, 0.25) is 5.91 Å². The van der Waals surface area contributed by atoms with E-state index in [2.05, 4.69) is 10.3 Å². The minimum absolute atomic E-state index is 0.0420. The molecule has 1 heterocycles. The maximum Gasteiger partial charge on any atom is 0.231 e. The summed E-state index contributed by atoms with van der Waals surface area (Å²) in [6.07, 6.45) is 3.62. The number of nitrogens with one attached hydrogen (secondary N) is 1. The zero-order valence-corrected chi connectivity index (χ0v) is 12.1. The molecular weight excluding hydrogens is 246 g/mol. The molecule has 1 aliphatic carbocycles. The van der Waals surface area contributed by atoms with Gasteiger partial charge in [0.25, 0.3) is 0 Å². The number of rotatable bonds is 3. The van der Waals surface area contributed by atoms with Crippen molar-refractivity contribution in [3.05, 3.63) is 10.6 Å². The van der Waals surface area contributed by atoms with Gasteiger partial charge < -0.3 is 11.1 Å². The molecule has 0 fully saturated rings. The minimum Gasteiger partial charge on any atom is -0.327 e. The van der Waals surface area contributed by atoms with Crippen molar-refractivity contribution in [2.24, 2.45) is 11.1 Å². The number of aromatic nitrogens is 1. The fourth-order valence-electron chi connectivity index (χ4n) is 1.88. The number of hydrogen-bond acceptors (Lipinski definition) is 4. The molecular formula is C13H21N3OS. The molecule has 1 aromatic heterocycles. The second-order valence-electron chi connectivity index (χ2n) is 5.58. The van der Waals surface area contributed by atoms with Crippen LogP contribution in [-0.4, -0.2) is 16.9 Å². The van der Waals surface area contributed by atoms with Crippen molar-refractivity contribution in [2.45, 2.75) is 52.5 Å². The van der Waals surface area contributed by atoms with Crippen molar-refractivity contribution in [1.82, 2.24) is 4.98 Å². The number of anilines is 1. The fraction of sp³-hybridized carbons (Fsp3) is 0.692. The molecule has 5 heteroatoms. The molecule has 0 aromatic carbocycles. The van der Waals surface area contributed by atoms with Gasteiger partial charge in [-0.25, -0.2) is 4.98 Å². The Morgan fingerprint density at radius 3 is 3.00 bits per heavy atom. The van der Waals surface area contributed by atoms with Gasteiger partial charge in [-0.3, -0.25) is 4.79 Å². The van der Waals surface area contributed by atoms with Gasteiger partial charge in [0.1, 0.15) is 0 Å². The molecule has 1 amide bonds. The van der Waals surface area contributed by atoms with Crippen LogP contribution in [0.4, 0.5) is 5.13 Å². The lowest BCUT2D eigenvalue weighted by Crippen LogP contribution is -2.29. The van der Waals surface area contributed by atoms with Gasteiger partial charge in [-0.1, -0.05) is 20.8 Å². The van der Waals surface area contributed by atoms with E-state index in [1.165, 1.54) is 4.88 Å². The van der Waals surface area contributed by atoms with Crippen LogP contribution in [0.25, 0.3) is 0 Å². The zero-order chi connectivity index (χ0) is 13.3. The molecule has 1 aliphatic rings. The van der Waals surface area contributed by atoms with Gasteiger partial charge in [-0.2, -0.15) is 0 Å². The Hall–Kier alpha value is -0.940. The van der Waals surface area contributed by atoms with Gasteiger partial charge >= 0.3 is 0 Å². The highest BCUT2D eigenvalue weighted by Gasteiger charge is 2.27. The Balaban J connectivity index is 2.10. The number of carbonyl (C=O) groups excluding carboxylic acids is 1. The number of nitrogens with two attached hydrogens (primary N) is 1. The number of nitrogens with zero attached hydrogens (tertiary/aromatic N) is 1. The van der Waals surface area contributed by atoms with Crippen LogP contribution in [0.1, 0.15) is 44.2 Å². The summed E-state index contributed by atoms with van der Waals surface area (Å²) in [4.78, 5) is 17.8. The molecule has 1 atom stereocenters. The van der Waals surface area contributed by atoms with Gasteiger partial charge in [0.15, 0.2) is 5.13 Å². The Morgan fingerprint density at radius 1 is 1.61 bits per heavy atom. The third-order valence-corrected chi connectivity index (χ3v) is 4.73. The predicted octanol–water partition coefficient (Wildman–Crippen LogP) is 2.33. The lowest BCUT2D eigenvalue weighted by atomic mass is 9.89. The average molecular weight is 267 g/mol. The van der Waals surface area contributed by atoms with Gasteiger partial charge in [-0.15, -0.1) is 11.3 Å². The monoisotopic (exact) mass is 267 g/mol. The Morgan fingerprint density at radius 2 is 2.33 bits per heavy atom. The van der Waals surface area contributed by atoms with E-state index in [1.807, 2.05) is 20.8 Å². The topological polar surface area (TPSA) is 68.0 Å². The van der Waals surface area contributed by atoms with Crippen molar-refractivity contribution in [3.8, 4) is 0 Å². The average Bonchev–Trinajstić information content (AvgIpc) is 2.70. The molecule has 4 nitrogen and oxygen atoms in total. The van der Waals surface area contributed by atoms with Crippen LogP contribution in [0.2, 0.25) is 0 Å². The second-order valence-corrected chi connectivity index (χ2v) is 6.67. The molecule has 0 aliphatic heterocycles. The molecule has 0 radical (unpaired) electrons. The first kappa shape index (κ1) is 13.5. The van der Waals surface area contributed by atoms with Crippen LogP contribution in [0.3, 0.4) is 0 Å². The highest BCUT2D eigenvalue weighted by atomic mass is 32.1. The third-order valence-electron chi connectivity index (χ3n) is 3.70. The lowest BCUT2D eigenvalue weighted by Gasteiger charge is -2.20. The van der Waals surface area contributed by atoms with Gasteiger partial charge in [0.05, 0.1) is 5.69 Å². The predicted molar refractivity (Wildman–Crippen MR) is 74.8 cm³/mol. The Bertz CT molecular complexity index is 453. The maximum absolute atomic E-state index is 12.1. The number of carbonyl (C=O) groups is 1. The number of fused-ring (bicyclic) bond motifs is 1. The molecule has 100 valence electrons. The van der Waals surface area contributed by atoms with E-state index in [-0.39, 0.29) is 17.4 Å². The van der Waals surface area contributed by atoms with Crippen molar-refractivity contribution in [1.29, 1.82) is 0 Å². The number of amides is 1. The minimum atomic E-state index is -0.345. The largest absolute Gasteiger partial charge is 0.327 e. The van der Waals surface area contributed by atoms with Crippen LogP contribution in [0.15, 0.2) is 0 Å². The molecule has 0 saturated heterocycles. The Labute approximate surface area is 112 Å². The van der Waals surface area contributed by atoms with Crippen LogP contribution in [0.5, 0.6) is 0 Å². The maximum atomic E-state index is 12.1. The molecule has 0 spiro atoms. The smallest absolute Gasteiger partial charge is 0.231 e. The van der Waals surface area contributed by atoms with Gasteiger partial charge in [0, 0.05) is 16.3 Å². The first-order valence-corrected chi connectivity index (χ1v) is 7.29. The van der Waals surface area contributed by atoms with Crippen LogP contribution < -0.4 is 11.1 Å². The van der Waals surface area contributed by atoms with Crippen LogP contribution in [0, 0.1) is 5.41 Å². The molecule has 3 N–H and O–H groups in total. The first-order chi connectivity index (χ1) is 8.42. The summed E-state index contributed by atoms with van der Waals surface area (Å²) in [5.74, 6) is 0.0420. The number of hydrogen-bond donors (Lipinski definition) is 2. The van der Waals surface area contributed by atoms with E-state index in [1.54, 1.807) is 11.3 Å². The molecule has 0 bridgehead atoms. The molecule has 0 unspecified atom stereocenters. The van der Waals surface area contributed by atoms with E-state index >= 15 is 0 Å². The molecule has 18 heavy (non-hydrogen) atoms. The molecule has 1 aromatic rings. The lowest BCUT2D eigenvalue weighted by molar-refractivity contribution is -0.124. The van der Waals surface area contributed by atoms with Crippen molar-refractivity contribution < 1.29 is 4.79 Å². The van der Waals surface area contributed by atoms with Crippen molar-refractivity contribution in [2.75, 3.05) is 5.32 Å². The second kappa shape index (κ2) is 4.97. The van der Waals surface area contributed by atoms with Crippen LogP contribution >= 0.6 is 11.3 Å². The standard InChI is InChI=1S/C13H21N3OS/c1-4-13(2,3)11(17)16-12-15-9-6-5-8(14)7-10(9)18-12/h8H,4-7,14H2,1-3H3,(H,15,16,17)/t8-/m0/s1. The fourth-order valence-corrected chi connectivity index (χ4v) is 2.98. The van der Waals surface area contributed by atoms with E-state index in [0.29, 0.717) is 0 Å². The highest BCUT2D eigenvalue weighted by Crippen LogP contribution is 2.30. The quantitative estimate of drug-likeness (QED) is 0.883. The molecule has 0 saturated carbocycles. The summed E-state index contributed by atoms with van der Waals surface area (Å²) >= 11 is 1.57.